The lowest BCUT2D eigenvalue weighted by atomic mass is 9.87. The fourth-order valence-corrected chi connectivity index (χ4v) is 9.50. The minimum Gasteiger partial charge on any atom is -0.392 e. The zero-order chi connectivity index (χ0) is 42.3. The van der Waals surface area contributed by atoms with Crippen molar-refractivity contribution in [3.05, 3.63) is 12.7 Å². The number of amides is 2. The van der Waals surface area contributed by atoms with Crippen molar-refractivity contribution in [2.45, 2.75) is 82.7 Å². The number of nitrogens with zero attached hydrogens (tertiary/aromatic N) is 4. The van der Waals surface area contributed by atoms with Crippen LogP contribution in [0.25, 0.3) is 11.2 Å². The van der Waals surface area contributed by atoms with Gasteiger partial charge in [0.1, 0.15) is 36.3 Å². The number of nitrogen functional groups attached to an aromatic ring is 1. The molecule has 2 fully saturated rings. The lowest BCUT2D eigenvalue weighted by molar-refractivity contribution is -0.137. The van der Waals surface area contributed by atoms with Crippen LogP contribution in [-0.4, -0.2) is 134 Å². The summed E-state index contributed by atoms with van der Waals surface area (Å²) in [6.07, 6.45) is -4.68. The van der Waals surface area contributed by atoms with Gasteiger partial charge in [0.05, 0.1) is 31.6 Å². The van der Waals surface area contributed by atoms with Crippen LogP contribution >= 0.6 is 35.2 Å². The predicted molar refractivity (Wildman–Crippen MR) is 195 cm³/mol. The molecule has 2 amide bonds. The molecule has 322 valence electrons. The van der Waals surface area contributed by atoms with Gasteiger partial charge < -0.3 is 56.0 Å². The van der Waals surface area contributed by atoms with Gasteiger partial charge in [-0.25, -0.2) is 28.6 Å². The fraction of sp³-hybridized carbons (Fsp3) is 0.714. The molecule has 0 bridgehead atoms. The van der Waals surface area contributed by atoms with E-state index >= 15 is 0 Å². The molecule has 1 aliphatic heterocycles. The highest BCUT2D eigenvalue weighted by molar-refractivity contribution is 8.13. The van der Waals surface area contributed by atoms with Crippen LogP contribution in [0.5, 0.6) is 0 Å². The van der Waals surface area contributed by atoms with E-state index < -0.39 is 96.6 Å². The van der Waals surface area contributed by atoms with Gasteiger partial charge in [-0.2, -0.15) is 4.31 Å². The third-order valence-electron chi connectivity index (χ3n) is 8.78. The Morgan fingerprint density at radius 3 is 2.40 bits per heavy atom. The number of imidazole rings is 1. The summed E-state index contributed by atoms with van der Waals surface area (Å²) < 4.78 is 62.1. The van der Waals surface area contributed by atoms with Crippen LogP contribution in [0, 0.1) is 11.3 Å². The van der Waals surface area contributed by atoms with Crippen LogP contribution in [0.2, 0.25) is 0 Å². The first-order valence-electron chi connectivity index (χ1n) is 17.2. The quantitative estimate of drug-likeness (QED) is 0.0575. The lowest BCUT2D eigenvalue weighted by Crippen LogP contribution is -2.46. The smallest absolute Gasteiger partial charge is 0.392 e. The number of fused-ring (bicyclic) bond motifs is 1. The third-order valence-corrected chi connectivity index (χ3v) is 12.9. The van der Waals surface area contributed by atoms with Crippen LogP contribution in [0.3, 0.4) is 0 Å². The first kappa shape index (κ1) is 47.2. The number of aliphatic hydroxyl groups excluding tert-OH is 3. The molecule has 57 heavy (non-hydrogen) atoms. The van der Waals surface area contributed by atoms with Crippen LogP contribution in [0.1, 0.15) is 52.2 Å². The maximum Gasteiger partial charge on any atom is 0.481 e. The number of thioether (sulfide) groups is 1. The maximum atomic E-state index is 12.7. The van der Waals surface area contributed by atoms with Crippen LogP contribution < -0.4 is 16.4 Å². The number of ether oxygens (including phenoxy) is 1. The molecule has 25 nitrogen and oxygen atoms in total. The number of carbonyl (C=O) groups is 3. The minimum atomic E-state index is -5.58. The van der Waals surface area contributed by atoms with Crippen molar-refractivity contribution in [2.24, 2.45) is 11.3 Å². The molecule has 2 aromatic rings. The van der Waals surface area contributed by atoms with Gasteiger partial charge in [-0.05, 0) is 12.8 Å². The van der Waals surface area contributed by atoms with E-state index in [1.54, 1.807) is 0 Å². The molecule has 9 unspecified atom stereocenters. The highest BCUT2D eigenvalue weighted by Gasteiger charge is 2.50. The molecule has 2 aromatic heterocycles. The molecule has 0 radical (unpaired) electrons. The van der Waals surface area contributed by atoms with E-state index in [4.69, 9.17) is 19.5 Å². The standard InChI is InChI=1S/C28H46N7O18P3S/c1-28(2,22(39)25(40)31-8-7-18(37)30-9-10-57-27(41)15-5-3-4-6-16(15)36)12-50-56(47,48)53-55(45,46)49-11-17-21(52-54(42,43)44)20(38)26(51-17)35-14-34-19-23(29)32-13-33-24(19)35/h13-17,20-22,26,36,38-39H,3-12H2,1-2H3,(H,30,37)(H,31,40)(H,45,46)(H,47,48)(H2,29,32,33)(H2,42,43,44). The van der Waals surface area contributed by atoms with Gasteiger partial charge in [-0.1, -0.05) is 38.5 Å². The summed E-state index contributed by atoms with van der Waals surface area (Å²) in [5.74, 6) is -1.62. The SMILES string of the molecule is CC(C)(COP(=O)(O)OP(=O)(O)OCC1OC(n2cnc3c(N)ncnc32)C(O)C1OP(=O)(O)O)C(O)C(=O)NCCC(=O)NCCSC(=O)C1CCCCC1O. The molecule has 11 N–H and O–H groups in total. The Balaban J connectivity index is 1.22. The Morgan fingerprint density at radius 2 is 1.72 bits per heavy atom. The number of nitrogens with two attached hydrogens (primary N) is 1. The summed E-state index contributed by atoms with van der Waals surface area (Å²) in [5, 5.41) is 36.3. The molecule has 9 atom stereocenters. The van der Waals surface area contributed by atoms with E-state index in [0.717, 1.165) is 41.8 Å². The van der Waals surface area contributed by atoms with Crippen molar-refractivity contribution in [1.29, 1.82) is 0 Å². The van der Waals surface area contributed by atoms with E-state index in [0.29, 0.717) is 12.8 Å². The molecular weight excluding hydrogens is 847 g/mol. The summed E-state index contributed by atoms with van der Waals surface area (Å²) in [5.41, 5.74) is 4.24. The number of phosphoric ester groups is 3. The lowest BCUT2D eigenvalue weighted by Gasteiger charge is -2.30. The van der Waals surface area contributed by atoms with Crippen molar-refractivity contribution in [2.75, 3.05) is 37.8 Å². The highest BCUT2D eigenvalue weighted by atomic mass is 32.2. The average molecular weight is 894 g/mol. The highest BCUT2D eigenvalue weighted by Crippen LogP contribution is 2.61. The number of aromatic nitrogens is 4. The van der Waals surface area contributed by atoms with Crippen LogP contribution in [-0.2, 0) is 50.7 Å². The zero-order valence-electron chi connectivity index (χ0n) is 30.5. The number of hydrogen-bond acceptors (Lipinski definition) is 19. The average Bonchev–Trinajstić information content (AvgIpc) is 3.68. The van der Waals surface area contributed by atoms with Crippen LogP contribution in [0.15, 0.2) is 12.7 Å². The monoisotopic (exact) mass is 893 g/mol. The van der Waals surface area contributed by atoms with Crippen molar-refractivity contribution >= 4 is 69.1 Å². The van der Waals surface area contributed by atoms with Gasteiger partial charge in [0.15, 0.2) is 22.8 Å². The van der Waals surface area contributed by atoms with Gasteiger partial charge in [-0.15, -0.1) is 0 Å². The van der Waals surface area contributed by atoms with E-state index in [2.05, 4.69) is 34.4 Å². The number of rotatable bonds is 20. The molecule has 1 saturated carbocycles. The summed E-state index contributed by atoms with van der Waals surface area (Å²) in [6, 6.07) is 0. The predicted octanol–water partition coefficient (Wildman–Crippen LogP) is -0.784. The maximum absolute atomic E-state index is 12.7. The number of phosphoric acid groups is 3. The summed E-state index contributed by atoms with van der Waals surface area (Å²) in [4.78, 5) is 88.0. The fourth-order valence-electron chi connectivity index (χ4n) is 5.78. The minimum absolute atomic E-state index is 0.0275. The Labute approximate surface area is 328 Å². The summed E-state index contributed by atoms with van der Waals surface area (Å²) in [6.45, 7) is 0.407. The second-order valence-electron chi connectivity index (χ2n) is 13.7. The van der Waals surface area contributed by atoms with Gasteiger partial charge in [0.25, 0.3) is 0 Å². The number of carbonyl (C=O) groups excluding carboxylic acids is 3. The van der Waals surface area contributed by atoms with Gasteiger partial charge in [-0.3, -0.25) is 32.5 Å². The molecule has 29 heteroatoms. The number of hydrogen-bond donors (Lipinski definition) is 10. The van der Waals surface area contributed by atoms with Crippen molar-refractivity contribution in [3.8, 4) is 0 Å². The molecular formula is C28H46N7O18P3S. The van der Waals surface area contributed by atoms with Gasteiger partial charge in [0.2, 0.25) is 11.8 Å². The van der Waals surface area contributed by atoms with Crippen molar-refractivity contribution in [1.82, 2.24) is 30.2 Å². The van der Waals surface area contributed by atoms with E-state index in [1.165, 1.54) is 13.8 Å². The summed E-state index contributed by atoms with van der Waals surface area (Å²) >= 11 is 1.02. The van der Waals surface area contributed by atoms with E-state index in [9.17, 15) is 63.0 Å². The molecule has 1 aliphatic carbocycles. The molecule has 2 aliphatic rings. The molecule has 3 heterocycles. The second kappa shape index (κ2) is 19.7. The van der Waals surface area contributed by atoms with E-state index in [1.807, 2.05) is 0 Å². The summed E-state index contributed by atoms with van der Waals surface area (Å²) in [7, 11) is -16.4. The number of aliphatic hydroxyl groups is 3. The van der Waals surface area contributed by atoms with Crippen molar-refractivity contribution < 1.29 is 85.6 Å². The Morgan fingerprint density at radius 1 is 1.04 bits per heavy atom. The Kier molecular flexibility index (Phi) is 16.3. The van der Waals surface area contributed by atoms with Gasteiger partial charge in [0, 0.05) is 30.7 Å². The molecule has 0 aromatic carbocycles. The normalized spacial score (nSPS) is 25.7. The van der Waals surface area contributed by atoms with E-state index in [-0.39, 0.29) is 47.4 Å². The van der Waals surface area contributed by atoms with Gasteiger partial charge >= 0.3 is 23.5 Å². The first-order chi connectivity index (χ1) is 26.5. The number of nitrogens with one attached hydrogen (secondary N) is 2. The molecule has 4 rings (SSSR count). The van der Waals surface area contributed by atoms with Crippen LogP contribution in [0.4, 0.5) is 5.82 Å². The Hall–Kier alpha value is -2.48. The molecule has 1 saturated heterocycles. The largest absolute Gasteiger partial charge is 0.481 e. The molecule has 0 spiro atoms. The number of anilines is 1. The third kappa shape index (κ3) is 13.5. The van der Waals surface area contributed by atoms with Crippen molar-refractivity contribution in [3.63, 3.8) is 0 Å². The second-order valence-corrected chi connectivity index (χ2v) is 19.0. The zero-order valence-corrected chi connectivity index (χ0v) is 34.0. The first-order valence-corrected chi connectivity index (χ1v) is 22.7. The Bertz CT molecular complexity index is 1890. The topological polar surface area (TPSA) is 384 Å².